The summed E-state index contributed by atoms with van der Waals surface area (Å²) in [5.41, 5.74) is 7.70. The number of para-hydroxylation sites is 2. The van der Waals surface area contributed by atoms with E-state index in [9.17, 15) is 15.3 Å². The number of hydrogen-bond acceptors (Lipinski definition) is 10. The minimum absolute atomic E-state index is 0.364. The maximum Gasteiger partial charge on any atom is 0.177 e. The number of rotatable bonds is 8. The van der Waals surface area contributed by atoms with Gasteiger partial charge in [-0.05, 0) is 42.0 Å². The maximum absolute atomic E-state index is 10.4. The van der Waals surface area contributed by atoms with Crippen molar-refractivity contribution in [3.05, 3.63) is 103 Å². The zero-order valence-corrected chi connectivity index (χ0v) is 21.3. The van der Waals surface area contributed by atoms with Gasteiger partial charge in [-0.3, -0.25) is 9.99 Å². The van der Waals surface area contributed by atoms with E-state index in [4.69, 9.17) is 4.74 Å². The molecule has 6 rings (SSSR count). The summed E-state index contributed by atoms with van der Waals surface area (Å²) in [7, 11) is 0. The van der Waals surface area contributed by atoms with Crippen LogP contribution in [-0.2, 0) is 4.74 Å². The van der Waals surface area contributed by atoms with E-state index in [2.05, 4.69) is 54.6 Å². The molecule has 11 nitrogen and oxygen atoms in total. The predicted octanol–water partition coefficient (Wildman–Crippen LogP) is 3.35. The van der Waals surface area contributed by atoms with Crippen LogP contribution in [0.3, 0.4) is 0 Å². The average Bonchev–Trinajstić information content (AvgIpc) is 3.56. The molecule has 3 heterocycles. The number of benzene rings is 3. The monoisotopic (exact) mass is 537 g/mol. The molecule has 0 radical (unpaired) electrons. The molecular formula is C29H27N7O4. The molecule has 3 aromatic carbocycles. The van der Waals surface area contributed by atoms with Crippen LogP contribution in [0.1, 0.15) is 11.8 Å². The Morgan fingerprint density at radius 2 is 1.50 bits per heavy atom. The number of anilines is 4. The standard InChI is InChI=1S/C29H27N7O4/c37-16-23-25(38)26(39)29(40-23)35-18-32-24-27(30-17-31-28(24)35)34-33-15-19-11-13-22(14-12-19)36(20-7-3-1-4-8-20)21-9-5-2-6-10-21/h1-15,17-18,23,25-26,29,37-39H,16H2,(H,30,31,34)/b33-15+/t23-,25?,26?,29-/m1/s1. The molecule has 0 spiro atoms. The van der Waals surface area contributed by atoms with Gasteiger partial charge in [-0.15, -0.1) is 0 Å². The predicted molar refractivity (Wildman–Crippen MR) is 151 cm³/mol. The van der Waals surface area contributed by atoms with Crippen molar-refractivity contribution in [2.45, 2.75) is 24.5 Å². The molecule has 1 aliphatic heterocycles. The summed E-state index contributed by atoms with van der Waals surface area (Å²) < 4.78 is 7.11. The van der Waals surface area contributed by atoms with Crippen molar-refractivity contribution in [2.75, 3.05) is 16.9 Å². The summed E-state index contributed by atoms with van der Waals surface area (Å²) in [5.74, 6) is 0.364. The van der Waals surface area contributed by atoms with E-state index in [1.54, 1.807) is 6.21 Å². The van der Waals surface area contributed by atoms with E-state index in [1.807, 2.05) is 60.7 Å². The molecule has 0 amide bonds. The van der Waals surface area contributed by atoms with E-state index in [0.717, 1.165) is 22.6 Å². The van der Waals surface area contributed by atoms with Crippen LogP contribution in [0.2, 0.25) is 0 Å². The van der Waals surface area contributed by atoms with Gasteiger partial charge in [0.2, 0.25) is 0 Å². The first-order chi connectivity index (χ1) is 19.6. The number of ether oxygens (including phenoxy) is 1. The van der Waals surface area contributed by atoms with Gasteiger partial charge in [0.15, 0.2) is 23.2 Å². The second-order valence-electron chi connectivity index (χ2n) is 9.24. The van der Waals surface area contributed by atoms with Gasteiger partial charge in [0.05, 0.1) is 19.1 Å². The van der Waals surface area contributed by atoms with E-state index in [0.29, 0.717) is 17.0 Å². The molecule has 40 heavy (non-hydrogen) atoms. The highest BCUT2D eigenvalue weighted by Crippen LogP contribution is 2.34. The van der Waals surface area contributed by atoms with Crippen LogP contribution in [0.25, 0.3) is 11.2 Å². The Kier molecular flexibility index (Phi) is 7.17. The molecule has 1 aliphatic rings. The highest BCUT2D eigenvalue weighted by atomic mass is 16.6. The molecule has 1 fully saturated rings. The normalized spacial score (nSPS) is 20.8. The second kappa shape index (κ2) is 11.2. The lowest BCUT2D eigenvalue weighted by atomic mass is 10.1. The summed E-state index contributed by atoms with van der Waals surface area (Å²) >= 11 is 0. The molecule has 0 bridgehead atoms. The van der Waals surface area contributed by atoms with Crippen molar-refractivity contribution >= 4 is 40.3 Å². The lowest BCUT2D eigenvalue weighted by molar-refractivity contribution is -0.0511. The minimum Gasteiger partial charge on any atom is -0.394 e. The number of aliphatic hydroxyl groups is 3. The van der Waals surface area contributed by atoms with Crippen molar-refractivity contribution in [3.63, 3.8) is 0 Å². The van der Waals surface area contributed by atoms with Gasteiger partial charge in [0.25, 0.3) is 0 Å². The summed E-state index contributed by atoms with van der Waals surface area (Å²) in [6.45, 7) is -0.421. The molecule has 5 aromatic rings. The molecule has 0 aliphatic carbocycles. The van der Waals surface area contributed by atoms with Crippen LogP contribution in [0.15, 0.2) is 103 Å². The maximum atomic E-state index is 10.4. The Labute approximate surface area is 229 Å². The molecule has 4 atom stereocenters. The van der Waals surface area contributed by atoms with Crippen LogP contribution >= 0.6 is 0 Å². The summed E-state index contributed by atoms with van der Waals surface area (Å²) in [5, 5.41) is 34.2. The van der Waals surface area contributed by atoms with Gasteiger partial charge in [0, 0.05) is 17.1 Å². The topological polar surface area (TPSA) is 141 Å². The number of hydrazone groups is 1. The number of imidazole rings is 1. The fraction of sp³-hybridized carbons (Fsp3) is 0.172. The lowest BCUT2D eigenvalue weighted by Crippen LogP contribution is -2.33. The molecule has 11 heteroatoms. The SMILES string of the molecule is OC[C@H]1O[C@@H](n2cnc3c(N/N=C/c4ccc(N(c5ccccc5)c5ccccc5)cc4)ncnc32)C(O)C1O. The van der Waals surface area contributed by atoms with Gasteiger partial charge >= 0.3 is 0 Å². The fourth-order valence-corrected chi connectivity index (χ4v) is 4.71. The zero-order chi connectivity index (χ0) is 27.5. The number of nitrogens with zero attached hydrogens (tertiary/aromatic N) is 6. The summed E-state index contributed by atoms with van der Waals surface area (Å²) in [6, 6.07) is 28.4. The number of fused-ring (bicyclic) bond motifs is 1. The molecular weight excluding hydrogens is 510 g/mol. The number of hydrogen-bond donors (Lipinski definition) is 4. The fourth-order valence-electron chi connectivity index (χ4n) is 4.71. The first-order valence-electron chi connectivity index (χ1n) is 12.7. The van der Waals surface area contributed by atoms with Crippen LogP contribution in [0, 0.1) is 0 Å². The van der Waals surface area contributed by atoms with Gasteiger partial charge in [0.1, 0.15) is 24.6 Å². The lowest BCUT2D eigenvalue weighted by Gasteiger charge is -2.25. The third kappa shape index (κ3) is 4.90. The van der Waals surface area contributed by atoms with Crippen LogP contribution in [0.5, 0.6) is 0 Å². The molecule has 4 N–H and O–H groups in total. The molecule has 0 saturated carbocycles. The third-order valence-electron chi connectivity index (χ3n) is 6.71. The van der Waals surface area contributed by atoms with Crippen molar-refractivity contribution in [1.82, 2.24) is 19.5 Å². The molecule has 1 saturated heterocycles. The van der Waals surface area contributed by atoms with Crippen molar-refractivity contribution in [1.29, 1.82) is 0 Å². The second-order valence-corrected chi connectivity index (χ2v) is 9.24. The van der Waals surface area contributed by atoms with Gasteiger partial charge in [-0.25, -0.2) is 15.0 Å². The van der Waals surface area contributed by atoms with Crippen molar-refractivity contribution < 1.29 is 20.1 Å². The quantitative estimate of drug-likeness (QED) is 0.173. The number of aliphatic hydroxyl groups excluding tert-OH is 3. The first kappa shape index (κ1) is 25.6. The number of nitrogens with one attached hydrogen (secondary N) is 1. The molecule has 202 valence electrons. The number of aromatic nitrogens is 4. The van der Waals surface area contributed by atoms with Gasteiger partial charge in [-0.1, -0.05) is 48.5 Å². The highest BCUT2D eigenvalue weighted by Gasteiger charge is 2.44. The zero-order valence-electron chi connectivity index (χ0n) is 21.3. The summed E-state index contributed by atoms with van der Waals surface area (Å²) in [4.78, 5) is 15.0. The Hall–Kier alpha value is -4.68. The van der Waals surface area contributed by atoms with Crippen molar-refractivity contribution in [2.24, 2.45) is 5.10 Å². The van der Waals surface area contributed by atoms with Crippen LogP contribution < -0.4 is 10.3 Å². The minimum atomic E-state index is -1.25. The van der Waals surface area contributed by atoms with E-state index >= 15 is 0 Å². The third-order valence-corrected chi connectivity index (χ3v) is 6.71. The van der Waals surface area contributed by atoms with Gasteiger partial charge in [-0.2, -0.15) is 5.10 Å². The van der Waals surface area contributed by atoms with Gasteiger partial charge < -0.3 is 25.0 Å². The smallest absolute Gasteiger partial charge is 0.177 e. The van der Waals surface area contributed by atoms with Crippen LogP contribution in [0.4, 0.5) is 22.9 Å². The Morgan fingerprint density at radius 3 is 2.12 bits per heavy atom. The largest absolute Gasteiger partial charge is 0.394 e. The average molecular weight is 538 g/mol. The van der Waals surface area contributed by atoms with Crippen LogP contribution in [-0.4, -0.2) is 66.0 Å². The van der Waals surface area contributed by atoms with E-state index in [-0.39, 0.29) is 0 Å². The molecule has 2 unspecified atom stereocenters. The highest BCUT2D eigenvalue weighted by molar-refractivity contribution is 5.85. The van der Waals surface area contributed by atoms with E-state index < -0.39 is 31.1 Å². The summed E-state index contributed by atoms with van der Waals surface area (Å²) in [6.07, 6.45) is 0.135. The Bertz CT molecular complexity index is 1560. The van der Waals surface area contributed by atoms with Crippen molar-refractivity contribution in [3.8, 4) is 0 Å². The first-order valence-corrected chi connectivity index (χ1v) is 12.7. The Balaban J connectivity index is 1.20. The Morgan fingerprint density at radius 1 is 0.850 bits per heavy atom. The van der Waals surface area contributed by atoms with E-state index in [1.165, 1.54) is 17.2 Å². The molecule has 2 aromatic heterocycles.